The number of carboxylic acid groups (broad SMARTS) is 1. The first-order valence-electron chi connectivity index (χ1n) is 9.58. The summed E-state index contributed by atoms with van der Waals surface area (Å²) in [5.41, 5.74) is 0.376. The zero-order valence-electron chi connectivity index (χ0n) is 17.2. The van der Waals surface area contributed by atoms with Gasteiger partial charge in [0, 0.05) is 26.4 Å². The van der Waals surface area contributed by atoms with Gasteiger partial charge < -0.3 is 34.0 Å². The van der Waals surface area contributed by atoms with Crippen LogP contribution in [-0.4, -0.2) is 58.8 Å². The predicted molar refractivity (Wildman–Crippen MR) is 110 cm³/mol. The second-order valence-electron chi connectivity index (χ2n) is 8.38. The van der Waals surface area contributed by atoms with E-state index in [1.165, 1.54) is 12.1 Å². The van der Waals surface area contributed by atoms with Crippen molar-refractivity contribution in [2.24, 2.45) is 0 Å². The summed E-state index contributed by atoms with van der Waals surface area (Å²) in [6.07, 6.45) is 3.36. The van der Waals surface area contributed by atoms with Crippen molar-refractivity contribution in [3.8, 4) is 17.2 Å². The first-order valence-corrected chi connectivity index (χ1v) is 13.3. The Hall–Kier alpha value is -2.54. The Morgan fingerprint density at radius 2 is 2.10 bits per heavy atom. The SMILES string of the molecule is C[Si](C)(C)CCOCn1cc(COc2ccc3c(c2C(=O)O)O[B-](O)(O)CO3)cn1. The van der Waals surface area contributed by atoms with Crippen LogP contribution in [0.2, 0.25) is 25.7 Å². The molecule has 3 rings (SSSR count). The Morgan fingerprint density at radius 1 is 1.33 bits per heavy atom. The number of benzene rings is 1. The molecule has 0 atom stereocenters. The second-order valence-corrected chi connectivity index (χ2v) is 14.0. The molecule has 10 nitrogen and oxygen atoms in total. The summed E-state index contributed by atoms with van der Waals surface area (Å²) >= 11 is 0. The fourth-order valence-electron chi connectivity index (χ4n) is 2.77. The standard InChI is InChI=1S/C18H26BN2O8Si/c1-30(2,3)7-6-26-12-21-9-13(8-20-21)10-27-14-4-5-15-17(16(14)18(22)23)29-19(24,25)11-28-15/h4-5,8-9,24-25H,6-7,10-12H2,1-3H3,(H,22,23)/q-1. The molecule has 0 fully saturated rings. The van der Waals surface area contributed by atoms with Gasteiger partial charge in [-0.3, -0.25) is 0 Å². The Balaban J connectivity index is 1.64. The van der Waals surface area contributed by atoms with Crippen LogP contribution in [0.1, 0.15) is 15.9 Å². The Labute approximate surface area is 175 Å². The van der Waals surface area contributed by atoms with Crippen LogP contribution < -0.4 is 14.1 Å². The van der Waals surface area contributed by atoms with Gasteiger partial charge in [-0.25, -0.2) is 9.48 Å². The van der Waals surface area contributed by atoms with Crippen molar-refractivity contribution >= 4 is 20.8 Å². The van der Waals surface area contributed by atoms with Crippen molar-refractivity contribution in [1.82, 2.24) is 9.78 Å². The molecule has 2 aromatic rings. The van der Waals surface area contributed by atoms with E-state index in [1.807, 2.05) is 0 Å². The molecule has 0 aliphatic carbocycles. The second kappa shape index (κ2) is 8.68. The number of fused-ring (bicyclic) bond motifs is 1. The maximum Gasteiger partial charge on any atom is 0.467 e. The Kier molecular flexibility index (Phi) is 6.41. The average Bonchev–Trinajstić information content (AvgIpc) is 3.09. The molecule has 0 saturated carbocycles. The van der Waals surface area contributed by atoms with Crippen molar-refractivity contribution < 1.29 is 38.8 Å². The highest BCUT2D eigenvalue weighted by molar-refractivity contribution is 6.76. The van der Waals surface area contributed by atoms with Crippen molar-refractivity contribution in [2.45, 2.75) is 39.0 Å². The molecule has 0 saturated heterocycles. The van der Waals surface area contributed by atoms with Crippen LogP contribution in [0.5, 0.6) is 17.2 Å². The number of ether oxygens (including phenoxy) is 3. The summed E-state index contributed by atoms with van der Waals surface area (Å²) in [6, 6.07) is 3.96. The topological polar surface area (TPSA) is 132 Å². The van der Waals surface area contributed by atoms with Gasteiger partial charge >= 0.3 is 12.7 Å². The van der Waals surface area contributed by atoms with E-state index in [0.717, 1.165) is 11.6 Å². The number of hydrogen-bond donors (Lipinski definition) is 3. The van der Waals surface area contributed by atoms with Crippen LogP contribution >= 0.6 is 0 Å². The minimum atomic E-state index is -3.29. The van der Waals surface area contributed by atoms with E-state index >= 15 is 0 Å². The summed E-state index contributed by atoms with van der Waals surface area (Å²) in [5.74, 6) is -1.51. The fourth-order valence-corrected chi connectivity index (χ4v) is 3.53. The van der Waals surface area contributed by atoms with Gasteiger partial charge in [-0.1, -0.05) is 19.6 Å². The Bertz CT molecular complexity index is 912. The number of hydrogen-bond acceptors (Lipinski definition) is 8. The zero-order chi connectivity index (χ0) is 21.9. The highest BCUT2D eigenvalue weighted by atomic mass is 28.3. The normalized spacial score (nSPS) is 15.1. The van der Waals surface area contributed by atoms with Crippen LogP contribution in [0.4, 0.5) is 0 Å². The van der Waals surface area contributed by atoms with E-state index in [9.17, 15) is 19.9 Å². The monoisotopic (exact) mass is 437 g/mol. The third kappa shape index (κ3) is 5.75. The molecule has 0 amide bonds. The third-order valence-electron chi connectivity index (χ3n) is 4.36. The summed E-state index contributed by atoms with van der Waals surface area (Å²) in [4.78, 5) is 11.7. The van der Waals surface area contributed by atoms with Crippen molar-refractivity contribution in [3.63, 3.8) is 0 Å². The largest absolute Gasteiger partial charge is 0.665 e. The average molecular weight is 437 g/mol. The van der Waals surface area contributed by atoms with Crippen molar-refractivity contribution in [3.05, 3.63) is 35.7 Å². The molecular weight excluding hydrogens is 411 g/mol. The number of nitrogens with zero attached hydrogens (tertiary/aromatic N) is 2. The molecule has 0 spiro atoms. The van der Waals surface area contributed by atoms with Gasteiger partial charge in [0.2, 0.25) is 0 Å². The van der Waals surface area contributed by atoms with Gasteiger partial charge in [-0.05, 0) is 18.2 Å². The smallest absolute Gasteiger partial charge is 0.467 e. The number of carboxylic acids is 1. The number of aromatic nitrogens is 2. The molecule has 0 bridgehead atoms. The predicted octanol–water partition coefficient (Wildman–Crippen LogP) is 1.71. The lowest BCUT2D eigenvalue weighted by atomic mass is 9.80. The zero-order valence-corrected chi connectivity index (χ0v) is 18.2. The van der Waals surface area contributed by atoms with Gasteiger partial charge in [0.15, 0.2) is 5.75 Å². The van der Waals surface area contributed by atoms with E-state index in [2.05, 4.69) is 24.7 Å². The molecule has 12 heteroatoms. The summed E-state index contributed by atoms with van der Waals surface area (Å²) in [5, 5.41) is 33.1. The number of aromatic carboxylic acids is 1. The number of rotatable bonds is 9. The van der Waals surface area contributed by atoms with Gasteiger partial charge in [0.1, 0.15) is 30.4 Å². The molecule has 1 aromatic heterocycles. The van der Waals surface area contributed by atoms with Crippen LogP contribution in [0.15, 0.2) is 24.5 Å². The molecule has 1 aliphatic heterocycles. The first-order chi connectivity index (χ1) is 14.0. The van der Waals surface area contributed by atoms with Crippen molar-refractivity contribution in [1.29, 1.82) is 0 Å². The summed E-state index contributed by atoms with van der Waals surface area (Å²) in [6.45, 7) is 4.14. The van der Waals surface area contributed by atoms with Gasteiger partial charge in [-0.15, -0.1) is 0 Å². The van der Waals surface area contributed by atoms with Crippen LogP contribution in [0.25, 0.3) is 0 Å². The van der Waals surface area contributed by atoms with E-state index in [4.69, 9.17) is 18.9 Å². The molecule has 30 heavy (non-hydrogen) atoms. The lowest BCUT2D eigenvalue weighted by Crippen LogP contribution is -2.51. The molecule has 2 heterocycles. The molecule has 1 aromatic carbocycles. The number of carbonyl (C=O) groups is 1. The third-order valence-corrected chi connectivity index (χ3v) is 6.06. The molecule has 164 valence electrons. The van der Waals surface area contributed by atoms with Gasteiger partial charge in [0.05, 0.1) is 12.7 Å². The maximum atomic E-state index is 11.7. The van der Waals surface area contributed by atoms with E-state index in [-0.39, 0.29) is 29.4 Å². The van der Waals surface area contributed by atoms with E-state index in [1.54, 1.807) is 17.1 Å². The minimum Gasteiger partial charge on any atom is -0.665 e. The highest BCUT2D eigenvalue weighted by Gasteiger charge is 2.34. The van der Waals surface area contributed by atoms with Crippen LogP contribution in [0.3, 0.4) is 0 Å². The molecule has 1 aliphatic rings. The summed E-state index contributed by atoms with van der Waals surface area (Å²) < 4.78 is 23.1. The van der Waals surface area contributed by atoms with Gasteiger partial charge in [-0.2, -0.15) is 5.10 Å². The molecule has 0 unspecified atom stereocenters. The Morgan fingerprint density at radius 3 is 2.80 bits per heavy atom. The van der Waals surface area contributed by atoms with Gasteiger partial charge in [0.25, 0.3) is 0 Å². The first kappa shape index (κ1) is 22.2. The minimum absolute atomic E-state index is 0.0116. The molecule has 0 radical (unpaired) electrons. The highest BCUT2D eigenvalue weighted by Crippen LogP contribution is 2.41. The van der Waals surface area contributed by atoms with Crippen molar-refractivity contribution in [2.75, 3.05) is 13.1 Å². The molecular formula is C18H26BN2O8Si-. The van der Waals surface area contributed by atoms with E-state index in [0.29, 0.717) is 13.3 Å². The molecule has 3 N–H and O–H groups in total. The van der Waals surface area contributed by atoms with Crippen LogP contribution in [0, 0.1) is 0 Å². The van der Waals surface area contributed by atoms with E-state index < -0.39 is 27.3 Å². The lowest BCUT2D eigenvalue weighted by molar-refractivity contribution is 0.0685. The maximum absolute atomic E-state index is 11.7. The fraction of sp³-hybridized carbons (Fsp3) is 0.444. The lowest BCUT2D eigenvalue weighted by Gasteiger charge is -2.37. The quantitative estimate of drug-likeness (QED) is 0.396. The summed E-state index contributed by atoms with van der Waals surface area (Å²) in [7, 11) is -1.15. The van der Waals surface area contributed by atoms with Crippen LogP contribution in [-0.2, 0) is 18.1 Å².